The molecule has 0 bridgehead atoms. The number of benzene rings is 3. The molecule has 10 heteroatoms. The monoisotopic (exact) mass is 541 g/mol. The zero-order chi connectivity index (χ0) is 27.5. The zero-order valence-corrected chi connectivity index (χ0v) is 21.2. The number of rotatable bonds is 7. The Balaban J connectivity index is 1.51. The molecule has 2 heterocycles. The smallest absolute Gasteiger partial charge is 0.340 e. The Kier molecular flexibility index (Phi) is 7.07. The highest BCUT2D eigenvalue weighted by atomic mass is 35.5. The number of nitro benzene ring substituents is 1. The first-order chi connectivity index (χ1) is 18.8. The fraction of sp³-hybridized carbons (Fsp3) is 0.0690. The van der Waals surface area contributed by atoms with Crippen LogP contribution in [-0.2, 0) is 9.53 Å². The third-order valence-corrected chi connectivity index (χ3v) is 6.22. The average molecular weight is 542 g/mol. The van der Waals surface area contributed by atoms with Gasteiger partial charge in [-0.05, 0) is 43.3 Å². The Morgan fingerprint density at radius 3 is 2.46 bits per heavy atom. The summed E-state index contributed by atoms with van der Waals surface area (Å²) < 4.78 is 11.5. The number of carbonyl (C=O) groups is 2. The van der Waals surface area contributed by atoms with E-state index in [1.807, 2.05) is 0 Å². The normalized spacial score (nSPS) is 11.6. The van der Waals surface area contributed by atoms with Gasteiger partial charge < -0.3 is 14.5 Å². The van der Waals surface area contributed by atoms with Gasteiger partial charge in [-0.25, -0.2) is 9.78 Å². The van der Waals surface area contributed by atoms with Crippen LogP contribution in [0.15, 0.2) is 95.4 Å². The Labute approximate surface area is 227 Å². The predicted molar refractivity (Wildman–Crippen MR) is 146 cm³/mol. The van der Waals surface area contributed by atoms with Crippen LogP contribution >= 0.6 is 11.6 Å². The number of pyridine rings is 1. The van der Waals surface area contributed by atoms with Crippen molar-refractivity contribution in [3.8, 4) is 11.5 Å². The maximum absolute atomic E-state index is 13.6. The molecule has 39 heavy (non-hydrogen) atoms. The van der Waals surface area contributed by atoms with E-state index in [0.29, 0.717) is 33.7 Å². The number of nitro groups is 1. The van der Waals surface area contributed by atoms with E-state index in [4.69, 9.17) is 20.8 Å². The topological polar surface area (TPSA) is 125 Å². The molecule has 1 N–H and O–H groups in total. The summed E-state index contributed by atoms with van der Waals surface area (Å²) >= 11 is 5.89. The van der Waals surface area contributed by atoms with E-state index >= 15 is 0 Å². The number of halogens is 1. The SMILES string of the molecule is Cc1ccc(-c2cc(C(=O)O[C@@H](C(=O)Nc3ccc(Cl)c([N+](=O)[O-])c3)c3ccccc3)c3ccccc3n2)o1. The number of ether oxygens (including phenoxy) is 1. The summed E-state index contributed by atoms with van der Waals surface area (Å²) in [6, 6.07) is 24.5. The molecule has 1 amide bonds. The van der Waals surface area contributed by atoms with Crippen LogP contribution in [-0.4, -0.2) is 21.8 Å². The predicted octanol–water partition coefficient (Wildman–Crippen LogP) is 6.90. The number of aromatic nitrogens is 1. The summed E-state index contributed by atoms with van der Waals surface area (Å²) in [5, 5.41) is 14.3. The minimum atomic E-state index is -1.37. The highest BCUT2D eigenvalue weighted by Gasteiger charge is 2.28. The van der Waals surface area contributed by atoms with Crippen LogP contribution < -0.4 is 5.32 Å². The summed E-state index contributed by atoms with van der Waals surface area (Å²) in [4.78, 5) is 42.2. The van der Waals surface area contributed by atoms with E-state index in [0.717, 1.165) is 6.07 Å². The Bertz CT molecular complexity index is 1720. The van der Waals surface area contributed by atoms with Crippen molar-refractivity contribution in [2.45, 2.75) is 13.0 Å². The van der Waals surface area contributed by atoms with Crippen molar-refractivity contribution in [3.63, 3.8) is 0 Å². The van der Waals surface area contributed by atoms with Gasteiger partial charge in [-0.15, -0.1) is 0 Å². The summed E-state index contributed by atoms with van der Waals surface area (Å²) in [5.74, 6) is -0.294. The minimum Gasteiger partial charge on any atom is -0.460 e. The Hall–Kier alpha value is -5.02. The molecule has 0 saturated heterocycles. The zero-order valence-electron chi connectivity index (χ0n) is 20.5. The van der Waals surface area contributed by atoms with Crippen LogP contribution in [0.25, 0.3) is 22.4 Å². The van der Waals surface area contributed by atoms with Gasteiger partial charge in [0.15, 0.2) is 5.76 Å². The molecule has 0 aliphatic rings. The molecule has 0 radical (unpaired) electrons. The number of aryl methyl sites for hydroxylation is 1. The van der Waals surface area contributed by atoms with E-state index in [-0.39, 0.29) is 22.0 Å². The first kappa shape index (κ1) is 25.6. The standard InChI is InChI=1S/C29H20ClN3O6/c1-17-11-14-26(38-17)24-16-21(20-9-5-6-10-23(20)32-24)29(35)39-27(18-7-3-2-4-8-18)28(34)31-19-12-13-22(30)25(15-19)33(36)37/h2-16,27H,1H3,(H,31,34)/t27-/m1/s1. The second kappa shape index (κ2) is 10.8. The number of carbonyl (C=O) groups excluding carboxylic acids is 2. The second-order valence-electron chi connectivity index (χ2n) is 8.59. The number of furan rings is 1. The lowest BCUT2D eigenvalue weighted by atomic mass is 10.1. The molecule has 5 rings (SSSR count). The number of nitrogens with zero attached hydrogens (tertiary/aromatic N) is 2. The maximum Gasteiger partial charge on any atom is 0.340 e. The molecule has 0 saturated carbocycles. The number of hydrogen-bond donors (Lipinski definition) is 1. The molecule has 0 fully saturated rings. The quantitative estimate of drug-likeness (QED) is 0.135. The van der Waals surface area contributed by atoms with E-state index in [9.17, 15) is 19.7 Å². The maximum atomic E-state index is 13.6. The van der Waals surface area contributed by atoms with Gasteiger partial charge in [0.1, 0.15) is 16.5 Å². The van der Waals surface area contributed by atoms with Crippen molar-refractivity contribution in [2.75, 3.05) is 5.32 Å². The van der Waals surface area contributed by atoms with Gasteiger partial charge >= 0.3 is 5.97 Å². The first-order valence-electron chi connectivity index (χ1n) is 11.8. The molecule has 0 aliphatic carbocycles. The molecule has 3 aromatic carbocycles. The number of esters is 1. The number of amides is 1. The van der Waals surface area contributed by atoms with Crippen molar-refractivity contribution < 1.29 is 23.7 Å². The molecule has 0 aliphatic heterocycles. The van der Waals surface area contributed by atoms with Crippen LogP contribution in [0.3, 0.4) is 0 Å². The van der Waals surface area contributed by atoms with Crippen molar-refractivity contribution in [3.05, 3.63) is 123 Å². The highest BCUT2D eigenvalue weighted by molar-refractivity contribution is 6.32. The van der Waals surface area contributed by atoms with Crippen LogP contribution in [0.2, 0.25) is 5.02 Å². The minimum absolute atomic E-state index is 0.0730. The van der Waals surface area contributed by atoms with E-state index in [1.54, 1.807) is 79.7 Å². The van der Waals surface area contributed by atoms with Crippen LogP contribution in [0.5, 0.6) is 0 Å². The first-order valence-corrected chi connectivity index (χ1v) is 12.2. The van der Waals surface area contributed by atoms with Crippen LogP contribution in [0.1, 0.15) is 27.8 Å². The third-order valence-electron chi connectivity index (χ3n) is 5.90. The molecule has 5 aromatic rings. The van der Waals surface area contributed by atoms with Crippen molar-refractivity contribution >= 4 is 45.8 Å². The molecular weight excluding hydrogens is 522 g/mol. The van der Waals surface area contributed by atoms with E-state index in [2.05, 4.69) is 10.3 Å². The molecule has 194 valence electrons. The van der Waals surface area contributed by atoms with Gasteiger partial charge in [0.2, 0.25) is 6.10 Å². The average Bonchev–Trinajstić information content (AvgIpc) is 3.38. The highest BCUT2D eigenvalue weighted by Crippen LogP contribution is 2.31. The number of hydrogen-bond acceptors (Lipinski definition) is 7. The fourth-order valence-corrected chi connectivity index (χ4v) is 4.24. The van der Waals surface area contributed by atoms with Crippen molar-refractivity contribution in [2.24, 2.45) is 0 Å². The van der Waals surface area contributed by atoms with Gasteiger partial charge in [0.25, 0.3) is 11.6 Å². The number of fused-ring (bicyclic) bond motifs is 1. The fourth-order valence-electron chi connectivity index (χ4n) is 4.05. The lowest BCUT2D eigenvalue weighted by Crippen LogP contribution is -2.26. The third kappa shape index (κ3) is 5.48. The second-order valence-corrected chi connectivity index (χ2v) is 9.00. The van der Waals surface area contributed by atoms with Crippen molar-refractivity contribution in [1.29, 1.82) is 0 Å². The Morgan fingerprint density at radius 1 is 1.00 bits per heavy atom. The molecule has 2 aromatic heterocycles. The van der Waals surface area contributed by atoms with Gasteiger partial charge in [0.05, 0.1) is 16.0 Å². The van der Waals surface area contributed by atoms with Gasteiger partial charge in [-0.1, -0.05) is 60.1 Å². The molecule has 9 nitrogen and oxygen atoms in total. The van der Waals surface area contributed by atoms with E-state index in [1.165, 1.54) is 12.1 Å². The van der Waals surface area contributed by atoms with Crippen LogP contribution in [0, 0.1) is 17.0 Å². The lowest BCUT2D eigenvalue weighted by molar-refractivity contribution is -0.384. The number of nitrogens with one attached hydrogen (secondary N) is 1. The van der Waals surface area contributed by atoms with Crippen LogP contribution in [0.4, 0.5) is 11.4 Å². The van der Waals surface area contributed by atoms with Crippen molar-refractivity contribution in [1.82, 2.24) is 4.98 Å². The Morgan fingerprint density at radius 2 is 1.74 bits per heavy atom. The molecule has 1 atom stereocenters. The van der Waals surface area contributed by atoms with Gasteiger partial charge in [0, 0.05) is 22.7 Å². The summed E-state index contributed by atoms with van der Waals surface area (Å²) in [6.45, 7) is 1.80. The molecule has 0 spiro atoms. The summed E-state index contributed by atoms with van der Waals surface area (Å²) in [6.07, 6.45) is -1.37. The number of para-hydroxylation sites is 1. The lowest BCUT2D eigenvalue weighted by Gasteiger charge is -2.19. The van der Waals surface area contributed by atoms with Gasteiger partial charge in [-0.2, -0.15) is 0 Å². The van der Waals surface area contributed by atoms with Gasteiger partial charge in [-0.3, -0.25) is 14.9 Å². The molecule has 0 unspecified atom stereocenters. The number of anilines is 1. The largest absolute Gasteiger partial charge is 0.460 e. The summed E-state index contributed by atoms with van der Waals surface area (Å²) in [5.41, 5.74) is 1.34. The summed E-state index contributed by atoms with van der Waals surface area (Å²) in [7, 11) is 0. The molecular formula is C29H20ClN3O6. The van der Waals surface area contributed by atoms with E-state index < -0.39 is 22.9 Å².